The molecule has 0 saturated carbocycles. The Kier molecular flexibility index (Phi) is 6.60. The molecule has 0 spiro atoms. The molecular weight excluding hydrogens is 360 g/mol. The fraction of sp³-hybridized carbons (Fsp3) is 0.292. The Morgan fingerprint density at radius 3 is 2.31 bits per heavy atom. The van der Waals surface area contributed by atoms with Gasteiger partial charge in [-0.1, -0.05) is 52.0 Å². The standard InChI is InChI=1S/C24H28N4O/c1-16(2)21-9-7-10-22(17(3)4)23(21)28-24(29)18-12-20(14-25-13-18)27-15-19-8-5-6-11-26-19/h5-14,16-17,27H,15H2,1-4H3,(H,28,29). The van der Waals surface area contributed by atoms with Crippen LogP contribution in [0, 0.1) is 0 Å². The highest BCUT2D eigenvalue weighted by molar-refractivity contribution is 6.05. The van der Waals surface area contributed by atoms with Crippen molar-refractivity contribution in [3.05, 3.63) is 83.4 Å². The number of anilines is 2. The summed E-state index contributed by atoms with van der Waals surface area (Å²) in [6.07, 6.45) is 5.06. The van der Waals surface area contributed by atoms with E-state index in [1.165, 1.54) is 0 Å². The summed E-state index contributed by atoms with van der Waals surface area (Å²) in [5, 5.41) is 6.41. The van der Waals surface area contributed by atoms with Crippen LogP contribution in [0.2, 0.25) is 0 Å². The SMILES string of the molecule is CC(C)c1cccc(C(C)C)c1NC(=O)c1cncc(NCc2ccccn2)c1. The molecule has 5 nitrogen and oxygen atoms in total. The number of carbonyl (C=O) groups is 1. The molecule has 2 aromatic heterocycles. The highest BCUT2D eigenvalue weighted by Crippen LogP contribution is 2.32. The van der Waals surface area contributed by atoms with Gasteiger partial charge < -0.3 is 10.6 Å². The minimum absolute atomic E-state index is 0.158. The third-order valence-electron chi connectivity index (χ3n) is 4.81. The zero-order valence-electron chi connectivity index (χ0n) is 17.4. The molecule has 150 valence electrons. The summed E-state index contributed by atoms with van der Waals surface area (Å²) in [5.41, 5.74) is 5.42. The van der Waals surface area contributed by atoms with Crippen molar-refractivity contribution < 1.29 is 4.79 Å². The Morgan fingerprint density at radius 2 is 1.69 bits per heavy atom. The van der Waals surface area contributed by atoms with Crippen molar-refractivity contribution in [2.24, 2.45) is 0 Å². The maximum absolute atomic E-state index is 13.0. The molecule has 0 unspecified atom stereocenters. The summed E-state index contributed by atoms with van der Waals surface area (Å²) < 4.78 is 0. The molecule has 0 aliphatic carbocycles. The zero-order valence-corrected chi connectivity index (χ0v) is 17.4. The lowest BCUT2D eigenvalue weighted by atomic mass is 9.92. The first-order chi connectivity index (χ1) is 14.0. The van der Waals surface area contributed by atoms with Crippen LogP contribution in [0.15, 0.2) is 61.1 Å². The van der Waals surface area contributed by atoms with Crippen molar-refractivity contribution in [1.82, 2.24) is 9.97 Å². The van der Waals surface area contributed by atoms with Crippen LogP contribution in [0.5, 0.6) is 0 Å². The number of aromatic nitrogens is 2. The van der Waals surface area contributed by atoms with Gasteiger partial charge in [0.2, 0.25) is 0 Å². The molecule has 0 aliphatic rings. The van der Waals surface area contributed by atoms with Gasteiger partial charge in [-0.3, -0.25) is 14.8 Å². The summed E-state index contributed by atoms with van der Waals surface area (Å²) in [4.78, 5) is 21.5. The van der Waals surface area contributed by atoms with Gasteiger partial charge in [-0.15, -0.1) is 0 Å². The molecule has 0 bridgehead atoms. The average molecular weight is 389 g/mol. The highest BCUT2D eigenvalue weighted by atomic mass is 16.1. The van der Waals surface area contributed by atoms with Crippen LogP contribution in [0.3, 0.4) is 0 Å². The molecule has 29 heavy (non-hydrogen) atoms. The lowest BCUT2D eigenvalue weighted by Crippen LogP contribution is -2.16. The molecule has 0 atom stereocenters. The summed E-state index contributed by atoms with van der Waals surface area (Å²) in [7, 11) is 0. The number of para-hydroxylation sites is 1. The van der Waals surface area contributed by atoms with Crippen molar-refractivity contribution in [1.29, 1.82) is 0 Å². The molecule has 2 N–H and O–H groups in total. The molecule has 2 heterocycles. The molecule has 0 fully saturated rings. The summed E-state index contributed by atoms with van der Waals surface area (Å²) in [5.74, 6) is 0.469. The number of amides is 1. The maximum atomic E-state index is 13.0. The van der Waals surface area contributed by atoms with E-state index in [2.05, 4.69) is 66.5 Å². The Balaban J connectivity index is 1.80. The van der Waals surface area contributed by atoms with Crippen molar-refractivity contribution >= 4 is 17.3 Å². The molecule has 1 aromatic carbocycles. The Bertz CT molecular complexity index is 941. The lowest BCUT2D eigenvalue weighted by Gasteiger charge is -2.20. The van der Waals surface area contributed by atoms with Crippen LogP contribution in [0.25, 0.3) is 0 Å². The number of pyridine rings is 2. The smallest absolute Gasteiger partial charge is 0.257 e. The summed E-state index contributed by atoms with van der Waals surface area (Å²) in [6.45, 7) is 9.12. The molecular formula is C24H28N4O. The molecule has 1 amide bonds. The second-order valence-electron chi connectivity index (χ2n) is 7.71. The number of nitrogens with zero attached hydrogens (tertiary/aromatic N) is 2. The number of hydrogen-bond acceptors (Lipinski definition) is 4. The maximum Gasteiger partial charge on any atom is 0.257 e. The lowest BCUT2D eigenvalue weighted by molar-refractivity contribution is 0.102. The monoisotopic (exact) mass is 388 g/mol. The minimum Gasteiger partial charge on any atom is -0.378 e. The molecule has 0 aliphatic heterocycles. The van der Waals surface area contributed by atoms with Crippen molar-refractivity contribution in [3.8, 4) is 0 Å². The minimum atomic E-state index is -0.158. The molecule has 0 radical (unpaired) electrons. The van der Waals surface area contributed by atoms with Crippen molar-refractivity contribution in [3.63, 3.8) is 0 Å². The second-order valence-corrected chi connectivity index (χ2v) is 7.71. The van der Waals surface area contributed by atoms with Crippen molar-refractivity contribution in [2.45, 2.75) is 46.1 Å². The fourth-order valence-corrected chi connectivity index (χ4v) is 3.24. The third kappa shape index (κ3) is 5.19. The highest BCUT2D eigenvalue weighted by Gasteiger charge is 2.17. The van der Waals surface area contributed by atoms with E-state index in [9.17, 15) is 4.79 Å². The number of hydrogen-bond donors (Lipinski definition) is 2. The Hall–Kier alpha value is -3.21. The first kappa shape index (κ1) is 20.5. The van der Waals surface area contributed by atoms with E-state index in [4.69, 9.17) is 0 Å². The van der Waals surface area contributed by atoms with Gasteiger partial charge in [0.05, 0.1) is 23.5 Å². The first-order valence-electron chi connectivity index (χ1n) is 9.98. The van der Waals surface area contributed by atoms with Crippen LogP contribution >= 0.6 is 0 Å². The third-order valence-corrected chi connectivity index (χ3v) is 4.81. The Morgan fingerprint density at radius 1 is 0.966 bits per heavy atom. The van der Waals surface area contributed by atoms with E-state index in [1.54, 1.807) is 18.6 Å². The van der Waals surface area contributed by atoms with Gasteiger partial charge in [-0.2, -0.15) is 0 Å². The number of rotatable bonds is 7. The molecule has 0 saturated heterocycles. The van der Waals surface area contributed by atoms with Crippen LogP contribution in [-0.4, -0.2) is 15.9 Å². The van der Waals surface area contributed by atoms with E-state index < -0.39 is 0 Å². The van der Waals surface area contributed by atoms with Gasteiger partial charge in [0.15, 0.2) is 0 Å². The molecule has 3 aromatic rings. The topological polar surface area (TPSA) is 66.9 Å². The second kappa shape index (κ2) is 9.32. The van der Waals surface area contributed by atoms with E-state index in [-0.39, 0.29) is 5.91 Å². The zero-order chi connectivity index (χ0) is 20.8. The quantitative estimate of drug-likeness (QED) is 0.554. The van der Waals surface area contributed by atoms with Gasteiger partial charge in [0.1, 0.15) is 0 Å². The van der Waals surface area contributed by atoms with Gasteiger partial charge in [-0.05, 0) is 41.2 Å². The van der Waals surface area contributed by atoms with E-state index in [0.717, 1.165) is 28.2 Å². The average Bonchev–Trinajstić information content (AvgIpc) is 2.73. The van der Waals surface area contributed by atoms with Crippen LogP contribution in [0.1, 0.15) is 66.7 Å². The largest absolute Gasteiger partial charge is 0.378 e. The van der Waals surface area contributed by atoms with Gasteiger partial charge in [-0.25, -0.2) is 0 Å². The van der Waals surface area contributed by atoms with Crippen LogP contribution < -0.4 is 10.6 Å². The number of benzene rings is 1. The molecule has 3 rings (SSSR count). The van der Waals surface area contributed by atoms with E-state index >= 15 is 0 Å². The number of nitrogens with one attached hydrogen (secondary N) is 2. The predicted molar refractivity (Wildman–Crippen MR) is 118 cm³/mol. The fourth-order valence-electron chi connectivity index (χ4n) is 3.24. The predicted octanol–water partition coefficient (Wildman–Crippen LogP) is 5.59. The van der Waals surface area contributed by atoms with E-state index in [0.29, 0.717) is 23.9 Å². The van der Waals surface area contributed by atoms with Gasteiger partial charge >= 0.3 is 0 Å². The Labute approximate surface area is 172 Å². The molecule has 5 heteroatoms. The summed E-state index contributed by atoms with van der Waals surface area (Å²) in [6, 6.07) is 13.8. The normalized spacial score (nSPS) is 11.0. The van der Waals surface area contributed by atoms with Gasteiger partial charge in [0, 0.05) is 24.3 Å². The van der Waals surface area contributed by atoms with Gasteiger partial charge in [0.25, 0.3) is 5.91 Å². The van der Waals surface area contributed by atoms with Crippen LogP contribution in [0.4, 0.5) is 11.4 Å². The van der Waals surface area contributed by atoms with Crippen molar-refractivity contribution in [2.75, 3.05) is 10.6 Å². The van der Waals surface area contributed by atoms with Crippen LogP contribution in [-0.2, 0) is 6.54 Å². The first-order valence-corrected chi connectivity index (χ1v) is 9.98. The van der Waals surface area contributed by atoms with E-state index in [1.807, 2.05) is 24.3 Å². The summed E-state index contributed by atoms with van der Waals surface area (Å²) >= 11 is 0. The number of carbonyl (C=O) groups excluding carboxylic acids is 1.